The first kappa shape index (κ1) is 12.7. The quantitative estimate of drug-likeness (QED) is 0.395. The van der Waals surface area contributed by atoms with Gasteiger partial charge in [0.1, 0.15) is 5.75 Å². The standard InChI is InChI=1S/C19H13BrO/c1-11-10-15-16(20)8-9-17(21)19(15)18-13(11)7-6-12-4-2-3-5-14(12)18/h2-10,21H,1H3. The van der Waals surface area contributed by atoms with Gasteiger partial charge in [-0.2, -0.15) is 0 Å². The maximum atomic E-state index is 10.4. The van der Waals surface area contributed by atoms with E-state index in [1.807, 2.05) is 18.2 Å². The molecule has 0 saturated heterocycles. The average Bonchev–Trinajstić information content (AvgIpc) is 2.50. The van der Waals surface area contributed by atoms with Crippen LogP contribution in [0.25, 0.3) is 32.3 Å². The number of hydrogen-bond acceptors (Lipinski definition) is 1. The first-order valence-electron chi connectivity index (χ1n) is 6.89. The van der Waals surface area contributed by atoms with Crippen molar-refractivity contribution in [2.24, 2.45) is 0 Å². The van der Waals surface area contributed by atoms with Crippen molar-refractivity contribution < 1.29 is 5.11 Å². The third-order valence-corrected chi connectivity index (χ3v) is 4.83. The third-order valence-electron chi connectivity index (χ3n) is 4.14. The highest BCUT2D eigenvalue weighted by Crippen LogP contribution is 2.40. The smallest absolute Gasteiger partial charge is 0.124 e. The van der Waals surface area contributed by atoms with E-state index < -0.39 is 0 Å². The van der Waals surface area contributed by atoms with Gasteiger partial charge in [-0.25, -0.2) is 0 Å². The van der Waals surface area contributed by atoms with Crippen molar-refractivity contribution in [1.29, 1.82) is 0 Å². The summed E-state index contributed by atoms with van der Waals surface area (Å²) >= 11 is 3.60. The molecule has 1 N–H and O–H groups in total. The second-order valence-electron chi connectivity index (χ2n) is 5.39. The minimum atomic E-state index is 0.328. The second-order valence-corrected chi connectivity index (χ2v) is 6.25. The molecule has 0 saturated carbocycles. The Morgan fingerprint density at radius 3 is 2.48 bits per heavy atom. The summed E-state index contributed by atoms with van der Waals surface area (Å²) in [7, 11) is 0. The zero-order valence-corrected chi connectivity index (χ0v) is 13.1. The highest BCUT2D eigenvalue weighted by molar-refractivity contribution is 9.10. The summed E-state index contributed by atoms with van der Waals surface area (Å²) in [6.45, 7) is 2.12. The average molecular weight is 337 g/mol. The number of halogens is 1. The van der Waals surface area contributed by atoms with Crippen molar-refractivity contribution in [3.05, 3.63) is 64.6 Å². The SMILES string of the molecule is Cc1cc2c(Br)ccc(O)c2c2c1ccc1ccccc12. The van der Waals surface area contributed by atoms with Crippen molar-refractivity contribution in [2.75, 3.05) is 0 Å². The molecule has 0 atom stereocenters. The number of aromatic hydroxyl groups is 1. The van der Waals surface area contributed by atoms with Gasteiger partial charge in [0.05, 0.1) is 0 Å². The molecule has 4 aromatic carbocycles. The summed E-state index contributed by atoms with van der Waals surface area (Å²) in [6.07, 6.45) is 0. The van der Waals surface area contributed by atoms with Gasteiger partial charge in [-0.1, -0.05) is 52.3 Å². The van der Waals surface area contributed by atoms with E-state index in [9.17, 15) is 5.11 Å². The first-order valence-corrected chi connectivity index (χ1v) is 7.68. The summed E-state index contributed by atoms with van der Waals surface area (Å²) in [6, 6.07) is 18.4. The molecule has 0 amide bonds. The molecule has 21 heavy (non-hydrogen) atoms. The van der Waals surface area contributed by atoms with Crippen LogP contribution in [0, 0.1) is 6.92 Å². The van der Waals surface area contributed by atoms with Gasteiger partial charge in [0, 0.05) is 20.6 Å². The van der Waals surface area contributed by atoms with E-state index in [0.29, 0.717) is 5.75 Å². The Hall–Kier alpha value is -2.06. The van der Waals surface area contributed by atoms with Crippen molar-refractivity contribution in [2.45, 2.75) is 6.92 Å². The molecule has 1 nitrogen and oxygen atoms in total. The maximum Gasteiger partial charge on any atom is 0.124 e. The molecule has 0 aromatic heterocycles. The van der Waals surface area contributed by atoms with Gasteiger partial charge in [0.2, 0.25) is 0 Å². The minimum Gasteiger partial charge on any atom is -0.507 e. The molecule has 2 heteroatoms. The van der Waals surface area contributed by atoms with Gasteiger partial charge in [0.15, 0.2) is 0 Å². The first-order chi connectivity index (χ1) is 10.2. The summed E-state index contributed by atoms with van der Waals surface area (Å²) in [5.41, 5.74) is 1.22. The van der Waals surface area contributed by atoms with Gasteiger partial charge >= 0.3 is 0 Å². The van der Waals surface area contributed by atoms with Crippen LogP contribution >= 0.6 is 15.9 Å². The van der Waals surface area contributed by atoms with E-state index in [1.165, 1.54) is 21.7 Å². The monoisotopic (exact) mass is 336 g/mol. The normalized spacial score (nSPS) is 11.5. The predicted octanol–water partition coefficient (Wildman–Crippen LogP) is 5.92. The van der Waals surface area contributed by atoms with E-state index in [4.69, 9.17) is 0 Å². The van der Waals surface area contributed by atoms with Gasteiger partial charge in [0.25, 0.3) is 0 Å². The Kier molecular flexibility index (Phi) is 2.69. The van der Waals surface area contributed by atoms with Crippen LogP contribution in [0.1, 0.15) is 5.56 Å². The molecule has 0 heterocycles. The van der Waals surface area contributed by atoms with E-state index in [0.717, 1.165) is 20.6 Å². The Bertz CT molecular complexity index is 1020. The van der Waals surface area contributed by atoms with Crippen LogP contribution in [0.3, 0.4) is 0 Å². The summed E-state index contributed by atoms with van der Waals surface area (Å²) in [5, 5.41) is 17.1. The number of rotatable bonds is 0. The van der Waals surface area contributed by atoms with Gasteiger partial charge in [-0.15, -0.1) is 0 Å². The van der Waals surface area contributed by atoms with E-state index in [1.54, 1.807) is 6.07 Å². The molecule has 4 aromatic rings. The van der Waals surface area contributed by atoms with Gasteiger partial charge < -0.3 is 5.11 Å². The molecule has 0 aliphatic carbocycles. The van der Waals surface area contributed by atoms with Gasteiger partial charge in [-0.05, 0) is 46.8 Å². The third kappa shape index (κ3) is 1.76. The molecule has 0 fully saturated rings. The summed E-state index contributed by atoms with van der Waals surface area (Å²) in [4.78, 5) is 0. The van der Waals surface area contributed by atoms with Crippen LogP contribution in [0.15, 0.2) is 59.1 Å². The molecule has 0 spiro atoms. The lowest BCUT2D eigenvalue weighted by molar-refractivity contribution is 0.482. The molecule has 4 rings (SSSR count). The molecule has 0 radical (unpaired) electrons. The van der Waals surface area contributed by atoms with Crippen LogP contribution in [0.5, 0.6) is 5.75 Å². The Balaban J connectivity index is 2.43. The maximum absolute atomic E-state index is 10.4. The second kappa shape index (κ2) is 4.47. The highest BCUT2D eigenvalue weighted by Gasteiger charge is 2.12. The van der Waals surface area contributed by atoms with Crippen LogP contribution in [0.4, 0.5) is 0 Å². The number of benzene rings is 4. The van der Waals surface area contributed by atoms with Crippen molar-refractivity contribution in [1.82, 2.24) is 0 Å². The molecule has 0 unspecified atom stereocenters. The number of hydrogen-bond donors (Lipinski definition) is 1. The number of phenolic OH excluding ortho intramolecular Hbond substituents is 1. The van der Waals surface area contributed by atoms with Crippen LogP contribution in [-0.4, -0.2) is 5.11 Å². The zero-order chi connectivity index (χ0) is 14.6. The number of phenols is 1. The molecule has 0 aliphatic rings. The summed E-state index contributed by atoms with van der Waals surface area (Å²) in [5.74, 6) is 0.328. The largest absolute Gasteiger partial charge is 0.507 e. The summed E-state index contributed by atoms with van der Waals surface area (Å²) < 4.78 is 1.01. The van der Waals surface area contributed by atoms with Crippen molar-refractivity contribution >= 4 is 48.2 Å². The van der Waals surface area contributed by atoms with E-state index in [2.05, 4.69) is 53.2 Å². The Morgan fingerprint density at radius 2 is 1.62 bits per heavy atom. The fourth-order valence-corrected chi connectivity index (χ4v) is 3.60. The Labute approximate surface area is 131 Å². The van der Waals surface area contributed by atoms with Gasteiger partial charge in [-0.3, -0.25) is 0 Å². The van der Waals surface area contributed by atoms with Crippen LogP contribution in [0.2, 0.25) is 0 Å². The zero-order valence-electron chi connectivity index (χ0n) is 11.5. The lowest BCUT2D eigenvalue weighted by Crippen LogP contribution is -1.86. The lowest BCUT2D eigenvalue weighted by atomic mass is 9.93. The Morgan fingerprint density at radius 1 is 0.810 bits per heavy atom. The predicted molar refractivity (Wildman–Crippen MR) is 93.1 cm³/mol. The fourth-order valence-electron chi connectivity index (χ4n) is 3.15. The minimum absolute atomic E-state index is 0.328. The fraction of sp³-hybridized carbons (Fsp3) is 0.0526. The molecular formula is C19H13BrO. The number of aryl methyl sites for hydroxylation is 1. The van der Waals surface area contributed by atoms with E-state index >= 15 is 0 Å². The molecule has 0 aliphatic heterocycles. The van der Waals surface area contributed by atoms with E-state index in [-0.39, 0.29) is 0 Å². The number of fused-ring (bicyclic) bond motifs is 5. The molecule has 102 valence electrons. The topological polar surface area (TPSA) is 20.2 Å². The molecule has 0 bridgehead atoms. The lowest BCUT2D eigenvalue weighted by Gasteiger charge is -2.13. The molecular weight excluding hydrogens is 324 g/mol. The van der Waals surface area contributed by atoms with Crippen molar-refractivity contribution in [3.63, 3.8) is 0 Å². The van der Waals surface area contributed by atoms with Crippen LogP contribution in [-0.2, 0) is 0 Å². The highest BCUT2D eigenvalue weighted by atomic mass is 79.9. The van der Waals surface area contributed by atoms with Crippen LogP contribution < -0.4 is 0 Å². The van der Waals surface area contributed by atoms with Crippen molar-refractivity contribution in [3.8, 4) is 5.75 Å².